The second-order valence-electron chi connectivity index (χ2n) is 6.60. The first-order chi connectivity index (χ1) is 14.7. The number of carbonyl (C=O) groups excluding carboxylic acids is 2. The van der Waals surface area contributed by atoms with Crippen molar-refractivity contribution in [3.63, 3.8) is 0 Å². The summed E-state index contributed by atoms with van der Waals surface area (Å²) in [4.78, 5) is 26.0. The maximum Gasteiger partial charge on any atom is 0.256 e. The number of nitrogens with one attached hydrogen (secondary N) is 2. The van der Waals surface area contributed by atoms with Crippen molar-refractivity contribution >= 4 is 56.4 Å². The molecule has 2 N–H and O–H groups in total. The maximum atomic E-state index is 12.6. The molecule has 0 unspecified atom stereocenters. The van der Waals surface area contributed by atoms with E-state index in [9.17, 15) is 18.0 Å². The number of rotatable bonds is 6. The SMILES string of the molecule is CSc1ccccc1C(=O)Nc1ccc(NC(=O)c2cccc(S(C)(=O)=O)c2)c(Cl)c1. The molecule has 160 valence electrons. The van der Waals surface area contributed by atoms with Crippen LogP contribution >= 0.6 is 23.4 Å². The molecule has 3 aromatic rings. The minimum Gasteiger partial charge on any atom is -0.322 e. The van der Waals surface area contributed by atoms with Gasteiger partial charge in [-0.3, -0.25) is 9.59 Å². The average molecular weight is 475 g/mol. The topological polar surface area (TPSA) is 92.3 Å². The molecule has 0 aliphatic heterocycles. The van der Waals surface area contributed by atoms with Crippen molar-refractivity contribution in [3.8, 4) is 0 Å². The molecule has 3 rings (SSSR count). The third-order valence-electron chi connectivity index (χ3n) is 4.35. The summed E-state index contributed by atoms with van der Waals surface area (Å²) < 4.78 is 23.4. The Morgan fingerprint density at radius 3 is 2.32 bits per heavy atom. The quantitative estimate of drug-likeness (QED) is 0.492. The van der Waals surface area contributed by atoms with Crippen LogP contribution < -0.4 is 10.6 Å². The maximum absolute atomic E-state index is 12.6. The molecule has 0 saturated carbocycles. The smallest absolute Gasteiger partial charge is 0.256 e. The minimum atomic E-state index is -3.43. The lowest BCUT2D eigenvalue weighted by molar-refractivity contribution is 0.101. The third-order valence-corrected chi connectivity index (χ3v) is 6.57. The molecule has 0 fully saturated rings. The predicted octanol–water partition coefficient (Wildman–Crippen LogP) is 4.97. The van der Waals surface area contributed by atoms with Crippen molar-refractivity contribution in [2.75, 3.05) is 23.1 Å². The predicted molar refractivity (Wildman–Crippen MR) is 125 cm³/mol. The molecule has 9 heteroatoms. The zero-order chi connectivity index (χ0) is 22.6. The molecule has 0 atom stereocenters. The van der Waals surface area contributed by atoms with Crippen LogP contribution in [0.2, 0.25) is 5.02 Å². The standard InChI is InChI=1S/C22H19ClN2O4S2/c1-30-20-9-4-3-8-17(20)22(27)24-15-10-11-19(18(23)13-15)25-21(26)14-6-5-7-16(12-14)31(2,28)29/h3-13H,1-2H3,(H,24,27)(H,25,26). The van der Waals surface area contributed by atoms with E-state index in [0.29, 0.717) is 16.9 Å². The van der Waals surface area contributed by atoms with Crippen LogP contribution in [-0.2, 0) is 9.84 Å². The van der Waals surface area contributed by atoms with Gasteiger partial charge in [0.05, 0.1) is 21.2 Å². The summed E-state index contributed by atoms with van der Waals surface area (Å²) in [6.45, 7) is 0. The molecular formula is C22H19ClN2O4S2. The van der Waals surface area contributed by atoms with E-state index in [4.69, 9.17) is 11.6 Å². The summed E-state index contributed by atoms with van der Waals surface area (Å²) in [6.07, 6.45) is 2.97. The van der Waals surface area contributed by atoms with Gasteiger partial charge in [0.25, 0.3) is 11.8 Å². The highest BCUT2D eigenvalue weighted by atomic mass is 35.5. The lowest BCUT2D eigenvalue weighted by Crippen LogP contribution is -2.14. The van der Waals surface area contributed by atoms with Gasteiger partial charge < -0.3 is 10.6 Å². The Morgan fingerprint density at radius 1 is 0.903 bits per heavy atom. The lowest BCUT2D eigenvalue weighted by Gasteiger charge is -2.12. The highest BCUT2D eigenvalue weighted by molar-refractivity contribution is 7.98. The largest absolute Gasteiger partial charge is 0.322 e. The van der Waals surface area contributed by atoms with Crippen LogP contribution in [0.4, 0.5) is 11.4 Å². The van der Waals surface area contributed by atoms with Crippen LogP contribution in [0.5, 0.6) is 0 Å². The van der Waals surface area contributed by atoms with Crippen molar-refractivity contribution in [2.45, 2.75) is 9.79 Å². The number of carbonyl (C=O) groups is 2. The number of halogens is 1. The van der Waals surface area contributed by atoms with Gasteiger partial charge in [0.15, 0.2) is 9.84 Å². The van der Waals surface area contributed by atoms with E-state index in [1.54, 1.807) is 24.3 Å². The van der Waals surface area contributed by atoms with Crippen LogP contribution in [0.25, 0.3) is 0 Å². The Kier molecular flexibility index (Phi) is 7.04. The molecule has 2 amide bonds. The number of amides is 2. The van der Waals surface area contributed by atoms with Gasteiger partial charge in [-0.2, -0.15) is 0 Å². The molecule has 0 aromatic heterocycles. The van der Waals surface area contributed by atoms with E-state index in [1.807, 2.05) is 18.4 Å². The van der Waals surface area contributed by atoms with Crippen LogP contribution in [-0.4, -0.2) is 32.7 Å². The van der Waals surface area contributed by atoms with Crippen molar-refractivity contribution in [2.24, 2.45) is 0 Å². The van der Waals surface area contributed by atoms with Gasteiger partial charge in [-0.25, -0.2) is 8.42 Å². The molecule has 0 aliphatic carbocycles. The fourth-order valence-corrected chi connectivity index (χ4v) is 4.28. The number of thioether (sulfide) groups is 1. The van der Waals surface area contributed by atoms with Crippen molar-refractivity contribution in [3.05, 3.63) is 82.9 Å². The summed E-state index contributed by atoms with van der Waals surface area (Å²) >= 11 is 7.76. The monoisotopic (exact) mass is 474 g/mol. The number of benzene rings is 3. The molecule has 0 heterocycles. The lowest BCUT2D eigenvalue weighted by atomic mass is 10.2. The summed E-state index contributed by atoms with van der Waals surface area (Å²) in [5, 5.41) is 5.67. The Morgan fingerprint density at radius 2 is 1.65 bits per heavy atom. The van der Waals surface area contributed by atoms with Crippen LogP contribution in [0, 0.1) is 0 Å². The van der Waals surface area contributed by atoms with E-state index in [2.05, 4.69) is 10.6 Å². The van der Waals surface area contributed by atoms with Crippen molar-refractivity contribution in [1.82, 2.24) is 0 Å². The molecule has 0 spiro atoms. The van der Waals surface area contributed by atoms with Gasteiger partial charge in [-0.1, -0.05) is 29.8 Å². The van der Waals surface area contributed by atoms with E-state index in [-0.39, 0.29) is 21.4 Å². The van der Waals surface area contributed by atoms with E-state index >= 15 is 0 Å². The number of hydrogen-bond donors (Lipinski definition) is 2. The summed E-state index contributed by atoms with van der Waals surface area (Å²) in [5.41, 5.74) is 1.54. The van der Waals surface area contributed by atoms with Gasteiger partial charge in [-0.15, -0.1) is 11.8 Å². The molecule has 6 nitrogen and oxygen atoms in total. The molecule has 0 saturated heterocycles. The van der Waals surface area contributed by atoms with Crippen LogP contribution in [0.15, 0.2) is 76.5 Å². The van der Waals surface area contributed by atoms with Gasteiger partial charge in [0.1, 0.15) is 0 Å². The van der Waals surface area contributed by atoms with E-state index < -0.39 is 15.7 Å². The Balaban J connectivity index is 1.75. The first kappa shape index (κ1) is 22.9. The van der Waals surface area contributed by atoms with Gasteiger partial charge in [0.2, 0.25) is 0 Å². The highest BCUT2D eigenvalue weighted by Gasteiger charge is 2.15. The normalized spacial score (nSPS) is 11.1. The molecule has 0 bridgehead atoms. The molecule has 0 aliphatic rings. The summed E-state index contributed by atoms with van der Waals surface area (Å²) in [7, 11) is -3.43. The second kappa shape index (κ2) is 9.55. The minimum absolute atomic E-state index is 0.0508. The van der Waals surface area contributed by atoms with Crippen LogP contribution in [0.1, 0.15) is 20.7 Å². The summed E-state index contributed by atoms with van der Waals surface area (Å²) in [5.74, 6) is -0.770. The van der Waals surface area contributed by atoms with Crippen molar-refractivity contribution < 1.29 is 18.0 Å². The molecule has 31 heavy (non-hydrogen) atoms. The van der Waals surface area contributed by atoms with Gasteiger partial charge in [-0.05, 0) is 54.8 Å². The van der Waals surface area contributed by atoms with E-state index in [0.717, 1.165) is 11.2 Å². The fraction of sp³-hybridized carbons (Fsp3) is 0.0909. The van der Waals surface area contributed by atoms with Crippen LogP contribution in [0.3, 0.4) is 0 Å². The number of sulfone groups is 1. The van der Waals surface area contributed by atoms with Crippen molar-refractivity contribution in [1.29, 1.82) is 0 Å². The zero-order valence-electron chi connectivity index (χ0n) is 16.7. The zero-order valence-corrected chi connectivity index (χ0v) is 19.1. The third kappa shape index (κ3) is 5.66. The Labute approximate surface area is 189 Å². The van der Waals surface area contributed by atoms with Gasteiger partial charge >= 0.3 is 0 Å². The molecule has 0 radical (unpaired) electrons. The van der Waals surface area contributed by atoms with E-state index in [1.165, 1.54) is 42.1 Å². The van der Waals surface area contributed by atoms with Gasteiger partial charge in [0, 0.05) is 22.4 Å². The highest BCUT2D eigenvalue weighted by Crippen LogP contribution is 2.27. The first-order valence-corrected chi connectivity index (χ1v) is 12.5. The average Bonchev–Trinajstić information content (AvgIpc) is 2.75. The fourth-order valence-electron chi connectivity index (χ4n) is 2.79. The molecular weight excluding hydrogens is 456 g/mol. The second-order valence-corrected chi connectivity index (χ2v) is 9.87. The molecule has 3 aromatic carbocycles. The Hall–Kier alpha value is -2.81. The number of anilines is 2. The number of hydrogen-bond acceptors (Lipinski definition) is 5. The first-order valence-electron chi connectivity index (χ1n) is 9.04. The summed E-state index contributed by atoms with van der Waals surface area (Å²) in [6, 6.07) is 17.7. The Bertz CT molecular complexity index is 1260.